The number of fused-ring (bicyclic) bond motifs is 1. The molecule has 2 aromatic carbocycles. The molecule has 7 heteroatoms. The molecule has 2 amide bonds. The quantitative estimate of drug-likeness (QED) is 0.819. The zero-order valence-electron chi connectivity index (χ0n) is 14.2. The average Bonchev–Trinajstić information content (AvgIpc) is 2.64. The van der Waals surface area contributed by atoms with Gasteiger partial charge in [0.25, 0.3) is 5.91 Å². The molecule has 0 unspecified atom stereocenters. The van der Waals surface area contributed by atoms with Crippen LogP contribution in [0.15, 0.2) is 53.4 Å². The highest BCUT2D eigenvalue weighted by Crippen LogP contribution is 2.34. The van der Waals surface area contributed by atoms with Gasteiger partial charge >= 0.3 is 5.97 Å². The molecular formula is C19H18N2O4S. The maximum atomic E-state index is 12.1. The summed E-state index contributed by atoms with van der Waals surface area (Å²) in [6.07, 6.45) is 0. The summed E-state index contributed by atoms with van der Waals surface area (Å²) in [4.78, 5) is 38.5. The molecule has 0 saturated carbocycles. The van der Waals surface area contributed by atoms with Gasteiger partial charge in [-0.1, -0.05) is 30.3 Å². The van der Waals surface area contributed by atoms with Gasteiger partial charge in [-0.15, -0.1) is 11.8 Å². The van der Waals surface area contributed by atoms with E-state index < -0.39 is 18.5 Å². The van der Waals surface area contributed by atoms with Crippen LogP contribution in [0.2, 0.25) is 0 Å². The summed E-state index contributed by atoms with van der Waals surface area (Å²) in [5, 5.41) is 2.69. The van der Waals surface area contributed by atoms with Gasteiger partial charge in [-0.25, -0.2) is 0 Å². The number of carbonyl (C=O) groups excluding carboxylic acids is 3. The third-order valence-corrected chi connectivity index (χ3v) is 4.93. The molecule has 1 aliphatic heterocycles. The minimum Gasteiger partial charge on any atom is -0.454 e. The Kier molecular flexibility index (Phi) is 5.58. The maximum Gasteiger partial charge on any atom is 0.326 e. The number of rotatable bonds is 5. The number of para-hydroxylation sites is 2. The molecule has 3 rings (SSSR count). The molecule has 1 aliphatic rings. The van der Waals surface area contributed by atoms with Gasteiger partial charge < -0.3 is 10.1 Å². The molecule has 0 spiro atoms. The first-order chi connectivity index (χ1) is 12.5. The zero-order chi connectivity index (χ0) is 18.5. The molecule has 26 heavy (non-hydrogen) atoms. The molecule has 134 valence electrons. The second-order valence-electron chi connectivity index (χ2n) is 5.76. The van der Waals surface area contributed by atoms with Crippen molar-refractivity contribution in [2.75, 3.05) is 29.1 Å². The predicted octanol–water partition coefficient (Wildman–Crippen LogP) is 2.62. The molecule has 0 fully saturated rings. The Morgan fingerprint density at radius 2 is 1.88 bits per heavy atom. The van der Waals surface area contributed by atoms with Crippen molar-refractivity contribution >= 4 is 40.9 Å². The fourth-order valence-corrected chi connectivity index (χ4v) is 3.48. The SMILES string of the molecule is Cc1ccccc1NC(=O)COC(=O)CN1C(=O)CSc2ccccc21. The van der Waals surface area contributed by atoms with Gasteiger partial charge in [0.05, 0.1) is 11.4 Å². The summed E-state index contributed by atoms with van der Waals surface area (Å²) >= 11 is 1.44. The van der Waals surface area contributed by atoms with Crippen molar-refractivity contribution in [3.05, 3.63) is 54.1 Å². The van der Waals surface area contributed by atoms with E-state index in [1.54, 1.807) is 12.1 Å². The van der Waals surface area contributed by atoms with E-state index in [0.717, 1.165) is 10.5 Å². The average molecular weight is 370 g/mol. The van der Waals surface area contributed by atoms with Crippen LogP contribution < -0.4 is 10.2 Å². The largest absolute Gasteiger partial charge is 0.454 e. The molecular weight excluding hydrogens is 352 g/mol. The molecule has 0 aromatic heterocycles. The number of hydrogen-bond acceptors (Lipinski definition) is 5. The normalized spacial score (nSPS) is 13.1. The fraction of sp³-hybridized carbons (Fsp3) is 0.211. The highest BCUT2D eigenvalue weighted by Gasteiger charge is 2.26. The summed E-state index contributed by atoms with van der Waals surface area (Å²) in [5.74, 6) is -0.929. The van der Waals surface area contributed by atoms with Gasteiger partial charge in [-0.2, -0.15) is 0 Å². The van der Waals surface area contributed by atoms with Gasteiger partial charge in [0.1, 0.15) is 6.54 Å². The van der Waals surface area contributed by atoms with Gasteiger partial charge in [0, 0.05) is 10.6 Å². The predicted molar refractivity (Wildman–Crippen MR) is 100 cm³/mol. The second-order valence-corrected chi connectivity index (χ2v) is 6.78. The Labute approximate surface area is 155 Å². The van der Waals surface area contributed by atoms with Gasteiger partial charge in [-0.05, 0) is 30.7 Å². The Hall–Kier alpha value is -2.80. The lowest BCUT2D eigenvalue weighted by Crippen LogP contribution is -2.40. The molecule has 0 atom stereocenters. The number of benzene rings is 2. The highest BCUT2D eigenvalue weighted by molar-refractivity contribution is 8.00. The molecule has 0 aliphatic carbocycles. The number of nitrogens with one attached hydrogen (secondary N) is 1. The third-order valence-electron chi connectivity index (χ3n) is 3.88. The molecule has 0 saturated heterocycles. The van der Waals surface area contributed by atoms with Crippen molar-refractivity contribution in [2.24, 2.45) is 0 Å². The summed E-state index contributed by atoms with van der Waals surface area (Å²) in [6, 6.07) is 14.7. The van der Waals surface area contributed by atoms with Crippen LogP contribution in [-0.4, -0.2) is 36.7 Å². The van der Waals surface area contributed by atoms with Crippen molar-refractivity contribution in [3.8, 4) is 0 Å². The highest BCUT2D eigenvalue weighted by atomic mass is 32.2. The van der Waals surface area contributed by atoms with E-state index in [4.69, 9.17) is 4.74 Å². The number of nitrogens with zero attached hydrogens (tertiary/aromatic N) is 1. The first-order valence-electron chi connectivity index (χ1n) is 8.08. The molecule has 0 radical (unpaired) electrons. The zero-order valence-corrected chi connectivity index (χ0v) is 15.0. The number of esters is 1. The minimum absolute atomic E-state index is 0.157. The number of ether oxygens (including phenoxy) is 1. The van der Waals surface area contributed by atoms with Crippen molar-refractivity contribution in [1.82, 2.24) is 0 Å². The number of hydrogen-bond donors (Lipinski definition) is 1. The van der Waals surface area contributed by atoms with Crippen LogP contribution in [-0.2, 0) is 19.1 Å². The Morgan fingerprint density at radius 1 is 1.15 bits per heavy atom. The van der Waals surface area contributed by atoms with E-state index >= 15 is 0 Å². The summed E-state index contributed by atoms with van der Waals surface area (Å²) < 4.78 is 5.03. The van der Waals surface area contributed by atoms with E-state index in [9.17, 15) is 14.4 Å². The first-order valence-corrected chi connectivity index (χ1v) is 9.06. The van der Waals surface area contributed by atoms with Crippen LogP contribution in [0.3, 0.4) is 0 Å². The monoisotopic (exact) mass is 370 g/mol. The van der Waals surface area contributed by atoms with E-state index in [1.807, 2.05) is 43.3 Å². The van der Waals surface area contributed by atoms with Crippen LogP contribution in [0, 0.1) is 6.92 Å². The number of amides is 2. The van der Waals surface area contributed by atoms with Gasteiger partial charge in [-0.3, -0.25) is 19.3 Å². The number of aryl methyl sites for hydroxylation is 1. The number of thioether (sulfide) groups is 1. The van der Waals surface area contributed by atoms with E-state index in [-0.39, 0.29) is 18.2 Å². The van der Waals surface area contributed by atoms with Crippen molar-refractivity contribution in [3.63, 3.8) is 0 Å². The van der Waals surface area contributed by atoms with Crippen LogP contribution in [0.4, 0.5) is 11.4 Å². The lowest BCUT2D eigenvalue weighted by atomic mass is 10.2. The Balaban J connectivity index is 1.55. The fourth-order valence-electron chi connectivity index (χ4n) is 2.55. The number of carbonyl (C=O) groups is 3. The summed E-state index contributed by atoms with van der Waals surface area (Å²) in [7, 11) is 0. The molecule has 0 bridgehead atoms. The van der Waals surface area contributed by atoms with E-state index in [0.29, 0.717) is 11.4 Å². The molecule has 6 nitrogen and oxygen atoms in total. The molecule has 1 heterocycles. The second kappa shape index (κ2) is 8.05. The van der Waals surface area contributed by atoms with Gasteiger partial charge in [0.15, 0.2) is 6.61 Å². The Bertz CT molecular complexity index is 853. The third kappa shape index (κ3) is 4.23. The van der Waals surface area contributed by atoms with E-state index in [2.05, 4.69) is 5.32 Å². The van der Waals surface area contributed by atoms with Crippen LogP contribution in [0.5, 0.6) is 0 Å². The maximum absolute atomic E-state index is 12.1. The van der Waals surface area contributed by atoms with Crippen LogP contribution >= 0.6 is 11.8 Å². The molecule has 1 N–H and O–H groups in total. The lowest BCUT2D eigenvalue weighted by Gasteiger charge is -2.27. The van der Waals surface area contributed by atoms with Crippen molar-refractivity contribution < 1.29 is 19.1 Å². The lowest BCUT2D eigenvalue weighted by molar-refractivity contribution is -0.146. The Morgan fingerprint density at radius 3 is 2.69 bits per heavy atom. The van der Waals surface area contributed by atoms with Crippen molar-refractivity contribution in [1.29, 1.82) is 0 Å². The molecule has 2 aromatic rings. The summed E-state index contributed by atoms with van der Waals surface area (Å²) in [5.41, 5.74) is 2.28. The van der Waals surface area contributed by atoms with E-state index in [1.165, 1.54) is 16.7 Å². The van der Waals surface area contributed by atoms with Crippen LogP contribution in [0.25, 0.3) is 0 Å². The van der Waals surface area contributed by atoms with Crippen LogP contribution in [0.1, 0.15) is 5.56 Å². The van der Waals surface area contributed by atoms with Crippen molar-refractivity contribution in [2.45, 2.75) is 11.8 Å². The number of anilines is 2. The summed E-state index contributed by atoms with van der Waals surface area (Å²) in [6.45, 7) is 1.26. The topological polar surface area (TPSA) is 75.7 Å². The van der Waals surface area contributed by atoms with Gasteiger partial charge in [0.2, 0.25) is 5.91 Å². The standard InChI is InChI=1S/C19H18N2O4S/c1-13-6-2-3-7-14(13)20-17(22)11-25-19(24)10-21-15-8-4-5-9-16(15)26-12-18(21)23/h2-9H,10-12H2,1H3,(H,20,22). The first kappa shape index (κ1) is 18.0. The minimum atomic E-state index is -0.625. The smallest absolute Gasteiger partial charge is 0.326 e.